The standard InChI is InChI=1S/C19H23ClN2O4S/c1-13(2)26-18-10-6-8-16(12-18)21-19(23)14(3)22(27(4,24)25)17-9-5-7-15(20)11-17/h5-14H,1-4H3,(H,21,23)/t14-/m0/s1. The van der Waals surface area contributed by atoms with Gasteiger partial charge >= 0.3 is 0 Å². The maximum Gasteiger partial charge on any atom is 0.247 e. The van der Waals surface area contributed by atoms with Gasteiger partial charge in [0.1, 0.15) is 11.8 Å². The van der Waals surface area contributed by atoms with Crippen LogP contribution in [0, 0.1) is 0 Å². The van der Waals surface area contributed by atoms with E-state index in [9.17, 15) is 13.2 Å². The van der Waals surface area contributed by atoms with Crippen LogP contribution < -0.4 is 14.4 Å². The van der Waals surface area contributed by atoms with E-state index < -0.39 is 22.0 Å². The average Bonchev–Trinajstić information content (AvgIpc) is 2.53. The molecule has 0 aromatic heterocycles. The molecular weight excluding hydrogens is 388 g/mol. The lowest BCUT2D eigenvalue weighted by atomic mass is 10.2. The first-order chi connectivity index (χ1) is 12.6. The molecule has 2 aromatic carbocycles. The normalized spacial score (nSPS) is 12.5. The van der Waals surface area contributed by atoms with Gasteiger partial charge in [-0.2, -0.15) is 0 Å². The molecule has 2 rings (SSSR count). The van der Waals surface area contributed by atoms with Crippen LogP contribution in [0.25, 0.3) is 0 Å². The Kier molecular flexibility index (Phi) is 6.73. The fourth-order valence-corrected chi connectivity index (χ4v) is 3.94. The zero-order valence-corrected chi connectivity index (χ0v) is 17.2. The van der Waals surface area contributed by atoms with E-state index >= 15 is 0 Å². The number of nitrogens with one attached hydrogen (secondary N) is 1. The van der Waals surface area contributed by atoms with Crippen molar-refractivity contribution in [2.24, 2.45) is 0 Å². The van der Waals surface area contributed by atoms with Gasteiger partial charge in [0, 0.05) is 16.8 Å². The number of anilines is 2. The van der Waals surface area contributed by atoms with Gasteiger partial charge in [0.25, 0.3) is 0 Å². The molecule has 2 aromatic rings. The van der Waals surface area contributed by atoms with Crippen LogP contribution in [0.4, 0.5) is 11.4 Å². The largest absolute Gasteiger partial charge is 0.491 e. The lowest BCUT2D eigenvalue weighted by molar-refractivity contribution is -0.116. The quantitative estimate of drug-likeness (QED) is 0.750. The van der Waals surface area contributed by atoms with Crippen molar-refractivity contribution >= 4 is 38.9 Å². The Hall–Kier alpha value is -2.25. The molecule has 27 heavy (non-hydrogen) atoms. The number of carbonyl (C=O) groups is 1. The van der Waals surface area contributed by atoms with Gasteiger partial charge < -0.3 is 10.1 Å². The van der Waals surface area contributed by atoms with Gasteiger partial charge in [-0.25, -0.2) is 8.42 Å². The third kappa shape index (κ3) is 5.87. The first-order valence-electron chi connectivity index (χ1n) is 8.40. The Morgan fingerprint density at radius 1 is 1.11 bits per heavy atom. The Bertz CT molecular complexity index is 915. The van der Waals surface area contributed by atoms with Crippen LogP contribution in [0.5, 0.6) is 5.75 Å². The molecule has 0 fully saturated rings. The molecule has 0 aliphatic heterocycles. The number of rotatable bonds is 7. The van der Waals surface area contributed by atoms with E-state index in [0.29, 0.717) is 22.1 Å². The van der Waals surface area contributed by atoms with Crippen molar-refractivity contribution in [3.8, 4) is 5.75 Å². The summed E-state index contributed by atoms with van der Waals surface area (Å²) in [6.45, 7) is 5.33. The van der Waals surface area contributed by atoms with Gasteiger partial charge in [0.05, 0.1) is 18.0 Å². The van der Waals surface area contributed by atoms with Crippen LogP contribution in [-0.4, -0.2) is 32.7 Å². The van der Waals surface area contributed by atoms with Gasteiger partial charge in [-0.1, -0.05) is 23.7 Å². The van der Waals surface area contributed by atoms with E-state index in [-0.39, 0.29) is 6.10 Å². The topological polar surface area (TPSA) is 75.7 Å². The molecule has 0 aliphatic rings. The van der Waals surface area contributed by atoms with E-state index in [2.05, 4.69) is 5.32 Å². The summed E-state index contributed by atoms with van der Waals surface area (Å²) in [5.74, 6) is 0.146. The van der Waals surface area contributed by atoms with Crippen LogP contribution in [0.1, 0.15) is 20.8 Å². The number of benzene rings is 2. The summed E-state index contributed by atoms with van der Waals surface area (Å²) in [4.78, 5) is 12.7. The lowest BCUT2D eigenvalue weighted by Crippen LogP contribution is -2.45. The summed E-state index contributed by atoms with van der Waals surface area (Å²) in [5.41, 5.74) is 0.842. The van der Waals surface area contributed by atoms with Crippen LogP contribution in [0.2, 0.25) is 5.02 Å². The van der Waals surface area contributed by atoms with Crippen LogP contribution in [0.15, 0.2) is 48.5 Å². The number of nitrogens with zero attached hydrogens (tertiary/aromatic N) is 1. The van der Waals surface area contributed by atoms with Crippen LogP contribution >= 0.6 is 11.6 Å². The lowest BCUT2D eigenvalue weighted by Gasteiger charge is -2.28. The number of hydrogen-bond donors (Lipinski definition) is 1. The van der Waals surface area contributed by atoms with Crippen molar-refractivity contribution in [1.29, 1.82) is 0 Å². The van der Waals surface area contributed by atoms with E-state index in [0.717, 1.165) is 10.6 Å². The molecule has 6 nitrogen and oxygen atoms in total. The third-order valence-corrected chi connectivity index (χ3v) is 5.10. The third-order valence-electron chi connectivity index (χ3n) is 3.62. The van der Waals surface area contributed by atoms with Crippen molar-refractivity contribution in [1.82, 2.24) is 0 Å². The zero-order valence-electron chi connectivity index (χ0n) is 15.6. The second-order valence-corrected chi connectivity index (χ2v) is 8.69. The first kappa shape index (κ1) is 21.1. The summed E-state index contributed by atoms with van der Waals surface area (Å²) in [6, 6.07) is 12.3. The molecule has 1 atom stereocenters. The number of ether oxygens (including phenoxy) is 1. The molecule has 0 saturated carbocycles. The number of amides is 1. The second-order valence-electron chi connectivity index (χ2n) is 6.40. The van der Waals surface area contributed by atoms with Crippen LogP contribution in [-0.2, 0) is 14.8 Å². The van der Waals surface area contributed by atoms with E-state index in [4.69, 9.17) is 16.3 Å². The molecule has 8 heteroatoms. The van der Waals surface area contributed by atoms with Crippen molar-refractivity contribution < 1.29 is 17.9 Å². The molecule has 146 valence electrons. The summed E-state index contributed by atoms with van der Waals surface area (Å²) in [7, 11) is -3.71. The van der Waals surface area contributed by atoms with Crippen LogP contribution in [0.3, 0.4) is 0 Å². The van der Waals surface area contributed by atoms with Gasteiger partial charge in [-0.05, 0) is 51.1 Å². The Balaban J connectivity index is 2.25. The summed E-state index contributed by atoms with van der Waals surface area (Å²) >= 11 is 5.98. The highest BCUT2D eigenvalue weighted by molar-refractivity contribution is 7.92. The summed E-state index contributed by atoms with van der Waals surface area (Å²) in [6.07, 6.45) is 1.05. The van der Waals surface area contributed by atoms with Gasteiger partial charge in [0.2, 0.25) is 15.9 Å². The number of carbonyl (C=O) groups excluding carboxylic acids is 1. The minimum atomic E-state index is -3.71. The molecule has 0 aliphatic carbocycles. The fraction of sp³-hybridized carbons (Fsp3) is 0.316. The van der Waals surface area contributed by atoms with E-state index in [1.54, 1.807) is 42.5 Å². The van der Waals surface area contributed by atoms with Crippen molar-refractivity contribution in [3.05, 3.63) is 53.6 Å². The molecule has 0 spiro atoms. The smallest absolute Gasteiger partial charge is 0.247 e. The number of halogens is 1. The summed E-state index contributed by atoms with van der Waals surface area (Å²) < 4.78 is 31.3. The maximum atomic E-state index is 12.7. The Labute approximate surface area is 165 Å². The predicted octanol–water partition coefficient (Wildman–Crippen LogP) is 3.92. The van der Waals surface area contributed by atoms with Crippen molar-refractivity contribution in [3.63, 3.8) is 0 Å². The fourth-order valence-electron chi connectivity index (χ4n) is 2.59. The van der Waals surface area contributed by atoms with E-state index in [1.807, 2.05) is 13.8 Å². The average molecular weight is 411 g/mol. The Morgan fingerprint density at radius 3 is 2.37 bits per heavy atom. The maximum absolute atomic E-state index is 12.7. The molecule has 0 saturated heterocycles. The summed E-state index contributed by atoms with van der Waals surface area (Å²) in [5, 5.41) is 3.12. The first-order valence-corrected chi connectivity index (χ1v) is 10.6. The van der Waals surface area contributed by atoms with Gasteiger partial charge in [0.15, 0.2) is 0 Å². The SMILES string of the molecule is CC(C)Oc1cccc(NC(=O)[C@H](C)N(c2cccc(Cl)c2)S(C)(=O)=O)c1. The number of sulfonamides is 1. The van der Waals surface area contributed by atoms with E-state index in [1.165, 1.54) is 13.0 Å². The molecule has 0 unspecified atom stereocenters. The minimum Gasteiger partial charge on any atom is -0.491 e. The molecule has 1 N–H and O–H groups in total. The van der Waals surface area contributed by atoms with Gasteiger partial charge in [-0.3, -0.25) is 9.10 Å². The Morgan fingerprint density at radius 2 is 1.78 bits per heavy atom. The highest BCUT2D eigenvalue weighted by atomic mass is 35.5. The molecule has 1 amide bonds. The second kappa shape index (κ2) is 8.63. The molecule has 0 heterocycles. The monoisotopic (exact) mass is 410 g/mol. The molecular formula is C19H23ClN2O4S. The predicted molar refractivity (Wildman–Crippen MR) is 109 cm³/mol. The highest BCUT2D eigenvalue weighted by Gasteiger charge is 2.29. The van der Waals surface area contributed by atoms with Gasteiger partial charge in [-0.15, -0.1) is 0 Å². The number of hydrogen-bond acceptors (Lipinski definition) is 4. The minimum absolute atomic E-state index is 0.00145. The molecule has 0 bridgehead atoms. The highest BCUT2D eigenvalue weighted by Crippen LogP contribution is 2.25. The van der Waals surface area contributed by atoms with Crippen molar-refractivity contribution in [2.45, 2.75) is 32.9 Å². The molecule has 0 radical (unpaired) electrons. The zero-order chi connectivity index (χ0) is 20.2. The van der Waals surface area contributed by atoms with Crippen molar-refractivity contribution in [2.75, 3.05) is 15.9 Å².